The summed E-state index contributed by atoms with van der Waals surface area (Å²) in [5.74, 6) is 3.37. The standard InChI is InChI=1S/C27H44O/c1-19(2)8-6-9-21(4)25-15-16-26-22(10-7-17-27(25,26)5)12-13-23-18-24(28)14-11-20(23)3/h12-13,19,21,24-26,28H,3,6-11,14-18H2,1-2,4-5H3/b22-12+,23-13-/t21-,24+,25+,26-,27+/m1/s1. The van der Waals surface area contributed by atoms with Gasteiger partial charge >= 0.3 is 0 Å². The van der Waals surface area contributed by atoms with Crippen LogP contribution in [0.1, 0.15) is 98.3 Å². The van der Waals surface area contributed by atoms with Crippen molar-refractivity contribution >= 4 is 0 Å². The van der Waals surface area contributed by atoms with Gasteiger partial charge in [0, 0.05) is 0 Å². The van der Waals surface area contributed by atoms with Gasteiger partial charge in [0.1, 0.15) is 0 Å². The fourth-order valence-electron chi connectivity index (χ4n) is 6.66. The topological polar surface area (TPSA) is 20.2 Å². The van der Waals surface area contributed by atoms with Gasteiger partial charge in [0.2, 0.25) is 0 Å². The fourth-order valence-corrected chi connectivity index (χ4v) is 6.66. The van der Waals surface area contributed by atoms with E-state index in [2.05, 4.69) is 46.4 Å². The summed E-state index contributed by atoms with van der Waals surface area (Å²) in [5.41, 5.74) is 4.72. The van der Waals surface area contributed by atoms with Gasteiger partial charge in [-0.1, -0.05) is 76.8 Å². The van der Waals surface area contributed by atoms with Crippen LogP contribution in [0.3, 0.4) is 0 Å². The maximum Gasteiger partial charge on any atom is 0.0583 e. The molecular formula is C27H44O. The molecule has 3 aliphatic rings. The molecule has 28 heavy (non-hydrogen) atoms. The molecule has 3 rings (SSSR count). The van der Waals surface area contributed by atoms with E-state index in [0.29, 0.717) is 5.41 Å². The van der Waals surface area contributed by atoms with Crippen molar-refractivity contribution in [3.63, 3.8) is 0 Å². The van der Waals surface area contributed by atoms with Gasteiger partial charge in [-0.3, -0.25) is 0 Å². The van der Waals surface area contributed by atoms with Crippen molar-refractivity contribution in [2.75, 3.05) is 0 Å². The van der Waals surface area contributed by atoms with Crippen molar-refractivity contribution in [3.05, 3.63) is 35.5 Å². The van der Waals surface area contributed by atoms with Crippen LogP contribution >= 0.6 is 0 Å². The van der Waals surface area contributed by atoms with Crippen LogP contribution < -0.4 is 0 Å². The van der Waals surface area contributed by atoms with Crippen LogP contribution in [0.15, 0.2) is 35.5 Å². The Kier molecular flexibility index (Phi) is 7.29. The first-order chi connectivity index (χ1) is 13.3. The Morgan fingerprint density at radius 3 is 2.64 bits per heavy atom. The smallest absolute Gasteiger partial charge is 0.0583 e. The normalized spacial score (nSPS) is 37.6. The van der Waals surface area contributed by atoms with Crippen molar-refractivity contribution in [2.45, 2.75) is 104 Å². The highest BCUT2D eigenvalue weighted by Gasteiger charge is 2.50. The fraction of sp³-hybridized carbons (Fsp3) is 0.778. The second kappa shape index (κ2) is 9.33. The van der Waals surface area contributed by atoms with E-state index < -0.39 is 0 Å². The molecule has 3 saturated carbocycles. The monoisotopic (exact) mass is 384 g/mol. The summed E-state index contributed by atoms with van der Waals surface area (Å²) < 4.78 is 0. The molecular weight excluding hydrogens is 340 g/mol. The minimum absolute atomic E-state index is 0.172. The Balaban J connectivity index is 1.70. The molecule has 1 heteroatoms. The second-order valence-corrected chi connectivity index (χ2v) is 10.8. The number of aliphatic hydroxyl groups is 1. The molecule has 0 aromatic heterocycles. The highest BCUT2D eigenvalue weighted by Crippen LogP contribution is 2.59. The van der Waals surface area contributed by atoms with E-state index in [9.17, 15) is 5.11 Å². The number of rotatable bonds is 6. The summed E-state index contributed by atoms with van der Waals surface area (Å²) in [6, 6.07) is 0. The average Bonchev–Trinajstić information content (AvgIpc) is 2.99. The van der Waals surface area contributed by atoms with Crippen molar-refractivity contribution in [1.29, 1.82) is 0 Å². The molecule has 0 amide bonds. The van der Waals surface area contributed by atoms with Gasteiger partial charge in [0.05, 0.1) is 6.10 Å². The predicted molar refractivity (Wildman–Crippen MR) is 121 cm³/mol. The molecule has 1 N–H and O–H groups in total. The quantitative estimate of drug-likeness (QED) is 0.499. The maximum absolute atomic E-state index is 10.0. The highest BCUT2D eigenvalue weighted by molar-refractivity contribution is 5.36. The first-order valence-corrected chi connectivity index (χ1v) is 12.1. The SMILES string of the molecule is C=C1CC[C@H](O)C/C1=C/C=C1\CCC[C@]2(C)[C@@H]1CC[C@H]2[C@H](C)CCCC(C)C. The lowest BCUT2D eigenvalue weighted by Gasteiger charge is -2.44. The first kappa shape index (κ1) is 21.9. The van der Waals surface area contributed by atoms with E-state index in [-0.39, 0.29) is 6.10 Å². The average molecular weight is 385 g/mol. The Morgan fingerprint density at radius 1 is 1.11 bits per heavy atom. The summed E-state index contributed by atoms with van der Waals surface area (Å²) in [6.45, 7) is 14.1. The van der Waals surface area contributed by atoms with E-state index in [4.69, 9.17) is 0 Å². The lowest BCUT2D eigenvalue weighted by Crippen LogP contribution is -2.36. The molecule has 5 atom stereocenters. The van der Waals surface area contributed by atoms with Crippen LogP contribution in [0.25, 0.3) is 0 Å². The minimum Gasteiger partial charge on any atom is -0.393 e. The number of fused-ring (bicyclic) bond motifs is 1. The van der Waals surface area contributed by atoms with Gasteiger partial charge in [-0.05, 0) is 86.0 Å². The molecule has 0 spiro atoms. The zero-order valence-electron chi connectivity index (χ0n) is 19.0. The number of aliphatic hydroxyl groups excluding tert-OH is 1. The largest absolute Gasteiger partial charge is 0.393 e. The molecule has 158 valence electrons. The second-order valence-electron chi connectivity index (χ2n) is 10.8. The number of allylic oxidation sites excluding steroid dienone is 4. The molecule has 0 aliphatic heterocycles. The minimum atomic E-state index is -0.172. The van der Waals surface area contributed by atoms with Crippen molar-refractivity contribution in [3.8, 4) is 0 Å². The van der Waals surface area contributed by atoms with Crippen molar-refractivity contribution in [2.24, 2.45) is 29.1 Å². The van der Waals surface area contributed by atoms with E-state index in [1.165, 1.54) is 62.5 Å². The zero-order valence-corrected chi connectivity index (χ0v) is 19.0. The van der Waals surface area contributed by atoms with E-state index in [0.717, 1.165) is 42.9 Å². The van der Waals surface area contributed by atoms with Gasteiger partial charge in [-0.2, -0.15) is 0 Å². The molecule has 0 unspecified atom stereocenters. The molecule has 0 radical (unpaired) electrons. The van der Waals surface area contributed by atoms with Crippen LogP contribution in [0, 0.1) is 29.1 Å². The van der Waals surface area contributed by atoms with Crippen LogP contribution in [0.5, 0.6) is 0 Å². The molecule has 0 aromatic carbocycles. The van der Waals surface area contributed by atoms with Gasteiger partial charge in [-0.15, -0.1) is 0 Å². The zero-order chi connectivity index (χ0) is 20.3. The predicted octanol–water partition coefficient (Wildman–Crippen LogP) is 7.62. The Bertz CT molecular complexity index is 610. The summed E-state index contributed by atoms with van der Waals surface area (Å²) >= 11 is 0. The Labute approximate surface area is 174 Å². The van der Waals surface area contributed by atoms with Crippen molar-refractivity contribution in [1.82, 2.24) is 0 Å². The molecule has 0 heterocycles. The highest BCUT2D eigenvalue weighted by atomic mass is 16.3. The molecule has 3 fully saturated rings. The Morgan fingerprint density at radius 2 is 1.89 bits per heavy atom. The van der Waals surface area contributed by atoms with Gasteiger partial charge < -0.3 is 5.11 Å². The number of hydrogen-bond donors (Lipinski definition) is 1. The van der Waals surface area contributed by atoms with Crippen LogP contribution in [0.2, 0.25) is 0 Å². The van der Waals surface area contributed by atoms with E-state index in [1.54, 1.807) is 5.57 Å². The molecule has 1 nitrogen and oxygen atoms in total. The van der Waals surface area contributed by atoms with Crippen LogP contribution in [-0.2, 0) is 0 Å². The lowest BCUT2D eigenvalue weighted by molar-refractivity contribution is 0.0929. The molecule has 0 saturated heterocycles. The molecule has 3 aliphatic carbocycles. The lowest BCUT2D eigenvalue weighted by atomic mass is 9.60. The third kappa shape index (κ3) is 4.84. The third-order valence-corrected chi connectivity index (χ3v) is 8.35. The summed E-state index contributed by atoms with van der Waals surface area (Å²) in [4.78, 5) is 0. The van der Waals surface area contributed by atoms with Crippen LogP contribution in [-0.4, -0.2) is 11.2 Å². The number of hydrogen-bond acceptors (Lipinski definition) is 1. The third-order valence-electron chi connectivity index (χ3n) is 8.35. The summed E-state index contributed by atoms with van der Waals surface area (Å²) in [5, 5.41) is 10.0. The van der Waals surface area contributed by atoms with Gasteiger partial charge in [0.25, 0.3) is 0 Å². The van der Waals surface area contributed by atoms with E-state index in [1.807, 2.05) is 0 Å². The summed E-state index contributed by atoms with van der Waals surface area (Å²) in [7, 11) is 0. The van der Waals surface area contributed by atoms with Gasteiger partial charge in [-0.25, -0.2) is 0 Å². The first-order valence-electron chi connectivity index (χ1n) is 12.1. The molecule has 0 bridgehead atoms. The summed E-state index contributed by atoms with van der Waals surface area (Å²) in [6.07, 6.45) is 18.2. The maximum atomic E-state index is 10.0. The van der Waals surface area contributed by atoms with Crippen LogP contribution in [0.4, 0.5) is 0 Å². The Hall–Kier alpha value is -0.820. The molecule has 0 aromatic rings. The van der Waals surface area contributed by atoms with Crippen molar-refractivity contribution < 1.29 is 5.11 Å². The van der Waals surface area contributed by atoms with E-state index >= 15 is 0 Å². The van der Waals surface area contributed by atoms with Gasteiger partial charge in [0.15, 0.2) is 0 Å².